The van der Waals surface area contributed by atoms with E-state index >= 15 is 0 Å². The average Bonchev–Trinajstić information content (AvgIpc) is 2.39. The van der Waals surface area contributed by atoms with Crippen LogP contribution in [-0.4, -0.2) is 29.6 Å². The molecule has 0 radical (unpaired) electrons. The lowest BCUT2D eigenvalue weighted by Crippen LogP contribution is -2.36. The van der Waals surface area contributed by atoms with Crippen molar-refractivity contribution in [3.8, 4) is 0 Å². The molecule has 4 heteroatoms. The van der Waals surface area contributed by atoms with Crippen molar-refractivity contribution in [1.82, 2.24) is 4.90 Å². The normalized spacial score (nSPS) is 15.9. The third-order valence-corrected chi connectivity index (χ3v) is 4.41. The number of piperidine rings is 1. The van der Waals surface area contributed by atoms with E-state index in [2.05, 4.69) is 15.9 Å². The lowest BCUT2D eigenvalue weighted by molar-refractivity contribution is -0.129. The van der Waals surface area contributed by atoms with E-state index in [0.29, 0.717) is 5.75 Å². The van der Waals surface area contributed by atoms with Gasteiger partial charge in [-0.05, 0) is 43.5 Å². The van der Waals surface area contributed by atoms with Crippen LogP contribution < -0.4 is 0 Å². The molecule has 17 heavy (non-hydrogen) atoms. The minimum atomic E-state index is 0.276. The van der Waals surface area contributed by atoms with Gasteiger partial charge in [0.2, 0.25) is 5.91 Å². The number of benzene rings is 1. The van der Waals surface area contributed by atoms with Gasteiger partial charge in [0, 0.05) is 22.5 Å². The smallest absolute Gasteiger partial charge is 0.232 e. The Hall–Kier alpha value is -0.480. The molecule has 1 amide bonds. The molecule has 1 aromatic rings. The number of likely N-dealkylation sites (tertiary alicyclic amines) is 1. The second-order valence-corrected chi connectivity index (χ2v) is 6.15. The quantitative estimate of drug-likeness (QED) is 0.795. The number of hydrogen-bond acceptors (Lipinski definition) is 2. The van der Waals surface area contributed by atoms with Crippen molar-refractivity contribution in [1.29, 1.82) is 0 Å². The highest BCUT2D eigenvalue weighted by molar-refractivity contribution is 9.10. The fourth-order valence-electron chi connectivity index (χ4n) is 1.91. The molecule has 1 saturated heterocycles. The first-order valence-electron chi connectivity index (χ1n) is 5.92. The Morgan fingerprint density at radius 3 is 2.47 bits per heavy atom. The van der Waals surface area contributed by atoms with Gasteiger partial charge in [0.1, 0.15) is 0 Å². The fraction of sp³-hybridized carbons (Fsp3) is 0.462. The summed E-state index contributed by atoms with van der Waals surface area (Å²) < 4.78 is 1.07. The van der Waals surface area contributed by atoms with Gasteiger partial charge in [-0.3, -0.25) is 4.79 Å². The molecule has 0 spiro atoms. The predicted molar refractivity (Wildman–Crippen MR) is 75.3 cm³/mol. The number of rotatable bonds is 3. The van der Waals surface area contributed by atoms with E-state index in [9.17, 15) is 4.79 Å². The zero-order valence-corrected chi connectivity index (χ0v) is 12.1. The summed E-state index contributed by atoms with van der Waals surface area (Å²) in [7, 11) is 0. The van der Waals surface area contributed by atoms with E-state index < -0.39 is 0 Å². The molecule has 1 aromatic carbocycles. The van der Waals surface area contributed by atoms with E-state index in [0.717, 1.165) is 35.3 Å². The van der Waals surface area contributed by atoms with Crippen LogP contribution in [0, 0.1) is 0 Å². The van der Waals surface area contributed by atoms with Crippen LogP contribution in [0.15, 0.2) is 33.6 Å². The van der Waals surface area contributed by atoms with Gasteiger partial charge in [-0.25, -0.2) is 0 Å². The van der Waals surface area contributed by atoms with Gasteiger partial charge in [-0.2, -0.15) is 0 Å². The van der Waals surface area contributed by atoms with E-state index in [1.165, 1.54) is 6.42 Å². The maximum absolute atomic E-state index is 11.9. The molecule has 0 atom stereocenters. The van der Waals surface area contributed by atoms with Gasteiger partial charge in [0.15, 0.2) is 0 Å². The van der Waals surface area contributed by atoms with E-state index in [1.807, 2.05) is 29.2 Å². The maximum atomic E-state index is 11.9. The summed E-state index contributed by atoms with van der Waals surface area (Å²) in [6, 6.07) is 8.10. The van der Waals surface area contributed by atoms with E-state index in [4.69, 9.17) is 0 Å². The lowest BCUT2D eigenvalue weighted by atomic mass is 10.1. The van der Waals surface area contributed by atoms with E-state index in [-0.39, 0.29) is 5.91 Å². The predicted octanol–water partition coefficient (Wildman–Crippen LogP) is 3.55. The maximum Gasteiger partial charge on any atom is 0.232 e. The Bertz CT molecular complexity index is 374. The third-order valence-electron chi connectivity index (χ3n) is 2.88. The molecule has 0 bridgehead atoms. The minimum absolute atomic E-state index is 0.276. The highest BCUT2D eigenvalue weighted by atomic mass is 79.9. The number of carbonyl (C=O) groups excluding carboxylic acids is 1. The van der Waals surface area contributed by atoms with Crippen LogP contribution in [0.3, 0.4) is 0 Å². The number of nitrogens with zero attached hydrogens (tertiary/aromatic N) is 1. The molecule has 0 N–H and O–H groups in total. The first-order chi connectivity index (χ1) is 8.25. The molecule has 2 rings (SSSR count). The summed E-state index contributed by atoms with van der Waals surface area (Å²) in [6.45, 7) is 1.89. The molecule has 0 aromatic heterocycles. The Morgan fingerprint density at radius 2 is 1.82 bits per heavy atom. The van der Waals surface area contributed by atoms with E-state index in [1.54, 1.807) is 11.8 Å². The number of halogens is 1. The summed E-state index contributed by atoms with van der Waals surface area (Å²) in [5, 5.41) is 0. The van der Waals surface area contributed by atoms with Crippen LogP contribution in [0.2, 0.25) is 0 Å². The molecular weight excluding hydrogens is 298 g/mol. The number of carbonyl (C=O) groups is 1. The Balaban J connectivity index is 1.81. The monoisotopic (exact) mass is 313 g/mol. The van der Waals surface area contributed by atoms with Crippen molar-refractivity contribution >= 4 is 33.6 Å². The van der Waals surface area contributed by atoms with Crippen molar-refractivity contribution in [2.45, 2.75) is 24.2 Å². The number of amides is 1. The summed E-state index contributed by atoms with van der Waals surface area (Å²) in [5.74, 6) is 0.833. The number of hydrogen-bond donors (Lipinski definition) is 0. The van der Waals surface area contributed by atoms with Crippen LogP contribution in [0.1, 0.15) is 19.3 Å². The second kappa shape index (κ2) is 6.45. The molecule has 0 unspecified atom stereocenters. The number of thioether (sulfide) groups is 1. The van der Waals surface area contributed by atoms with Crippen molar-refractivity contribution in [2.75, 3.05) is 18.8 Å². The molecule has 1 fully saturated rings. The van der Waals surface area contributed by atoms with Crippen LogP contribution in [-0.2, 0) is 4.79 Å². The molecule has 0 aliphatic carbocycles. The van der Waals surface area contributed by atoms with Crippen molar-refractivity contribution in [3.05, 3.63) is 28.7 Å². The Morgan fingerprint density at radius 1 is 1.18 bits per heavy atom. The summed E-state index contributed by atoms with van der Waals surface area (Å²) in [6.07, 6.45) is 3.59. The van der Waals surface area contributed by atoms with Gasteiger partial charge < -0.3 is 4.90 Å². The molecule has 2 nitrogen and oxygen atoms in total. The SMILES string of the molecule is O=C(CSc1ccc(Br)cc1)N1CCCCC1. The Labute approximate surface area is 115 Å². The molecular formula is C13H16BrNOS. The highest BCUT2D eigenvalue weighted by Gasteiger charge is 2.16. The average molecular weight is 314 g/mol. The van der Waals surface area contributed by atoms with Gasteiger partial charge in [-0.15, -0.1) is 11.8 Å². The summed E-state index contributed by atoms with van der Waals surface area (Å²) in [5.41, 5.74) is 0. The standard InChI is InChI=1S/C13H16BrNOS/c14-11-4-6-12(7-5-11)17-10-13(16)15-8-2-1-3-9-15/h4-7H,1-3,8-10H2. The summed E-state index contributed by atoms with van der Waals surface area (Å²) in [4.78, 5) is 15.1. The van der Waals surface area contributed by atoms with Crippen molar-refractivity contribution < 1.29 is 4.79 Å². The summed E-state index contributed by atoms with van der Waals surface area (Å²) >= 11 is 5.02. The van der Waals surface area contributed by atoms with Crippen molar-refractivity contribution in [2.24, 2.45) is 0 Å². The van der Waals surface area contributed by atoms with Gasteiger partial charge in [0.25, 0.3) is 0 Å². The van der Waals surface area contributed by atoms with Crippen LogP contribution in [0.4, 0.5) is 0 Å². The highest BCUT2D eigenvalue weighted by Crippen LogP contribution is 2.21. The minimum Gasteiger partial charge on any atom is -0.342 e. The second-order valence-electron chi connectivity index (χ2n) is 4.18. The molecule has 1 heterocycles. The van der Waals surface area contributed by atoms with Gasteiger partial charge in [-0.1, -0.05) is 15.9 Å². The lowest BCUT2D eigenvalue weighted by Gasteiger charge is -2.26. The first-order valence-corrected chi connectivity index (χ1v) is 7.70. The first kappa shape index (κ1) is 13.0. The molecule has 0 saturated carbocycles. The van der Waals surface area contributed by atoms with Crippen LogP contribution in [0.25, 0.3) is 0 Å². The zero-order valence-electron chi connectivity index (χ0n) is 9.69. The van der Waals surface area contributed by atoms with Gasteiger partial charge in [0.05, 0.1) is 5.75 Å². The Kier molecular flexibility index (Phi) is 4.92. The third kappa shape index (κ3) is 4.03. The van der Waals surface area contributed by atoms with Crippen LogP contribution in [0.5, 0.6) is 0 Å². The topological polar surface area (TPSA) is 20.3 Å². The van der Waals surface area contributed by atoms with Crippen molar-refractivity contribution in [3.63, 3.8) is 0 Å². The molecule has 1 aliphatic heterocycles. The zero-order chi connectivity index (χ0) is 12.1. The fourth-order valence-corrected chi connectivity index (χ4v) is 2.98. The largest absolute Gasteiger partial charge is 0.342 e. The molecule has 1 aliphatic rings. The van der Waals surface area contributed by atoms with Crippen LogP contribution >= 0.6 is 27.7 Å². The van der Waals surface area contributed by atoms with Gasteiger partial charge >= 0.3 is 0 Å². The molecule has 92 valence electrons.